The molecule has 1 aliphatic rings. The molecular weight excluding hydrogens is 274 g/mol. The van der Waals surface area contributed by atoms with Crippen molar-refractivity contribution < 1.29 is 19.4 Å². The summed E-state index contributed by atoms with van der Waals surface area (Å²) in [5, 5.41) is 11.9. The number of carbonyl (C=O) groups excluding carboxylic acids is 1. The number of pyridine rings is 1. The number of fused-ring (bicyclic) bond motifs is 1. The highest BCUT2D eigenvalue weighted by Crippen LogP contribution is 2.20. The summed E-state index contributed by atoms with van der Waals surface area (Å²) in [4.78, 5) is 27.9. The maximum Gasteiger partial charge on any atom is 0.331 e. The lowest BCUT2D eigenvalue weighted by atomic mass is 9.99. The van der Waals surface area contributed by atoms with E-state index in [0.29, 0.717) is 12.3 Å². The molecule has 0 saturated carbocycles. The molecule has 0 spiro atoms. The molecule has 7 heteroatoms. The average Bonchev–Trinajstić information content (AvgIpc) is 3.06. The maximum absolute atomic E-state index is 12.3. The number of hydrogen-bond donors (Lipinski definition) is 2. The monoisotopic (exact) mass is 289 g/mol. The van der Waals surface area contributed by atoms with Crippen LogP contribution < -0.4 is 5.32 Å². The summed E-state index contributed by atoms with van der Waals surface area (Å²) in [6.07, 6.45) is 1.85. The van der Waals surface area contributed by atoms with Gasteiger partial charge < -0.3 is 19.6 Å². The van der Waals surface area contributed by atoms with Crippen LogP contribution in [0, 0.1) is 6.92 Å². The first-order chi connectivity index (χ1) is 10.0. The summed E-state index contributed by atoms with van der Waals surface area (Å²) in [5.74, 6) is -1.60. The first-order valence-corrected chi connectivity index (χ1v) is 6.60. The van der Waals surface area contributed by atoms with Gasteiger partial charge in [-0.15, -0.1) is 0 Å². The Kier molecular flexibility index (Phi) is 3.13. The van der Waals surface area contributed by atoms with Gasteiger partial charge in [-0.3, -0.25) is 4.79 Å². The van der Waals surface area contributed by atoms with E-state index < -0.39 is 17.4 Å². The Balaban J connectivity index is 1.90. The van der Waals surface area contributed by atoms with Crippen LogP contribution in [0.1, 0.15) is 22.6 Å². The molecule has 3 rings (SSSR count). The molecular formula is C14H15N3O4. The molecule has 2 N–H and O–H groups in total. The van der Waals surface area contributed by atoms with E-state index in [0.717, 1.165) is 5.69 Å². The van der Waals surface area contributed by atoms with Crippen LogP contribution in [0.25, 0.3) is 5.65 Å². The second-order valence-electron chi connectivity index (χ2n) is 5.17. The van der Waals surface area contributed by atoms with Crippen LogP contribution in [0.2, 0.25) is 0 Å². The third kappa shape index (κ3) is 2.25. The lowest BCUT2D eigenvalue weighted by Gasteiger charge is -2.22. The minimum absolute atomic E-state index is 0.0273. The zero-order valence-corrected chi connectivity index (χ0v) is 11.5. The standard InChI is InChI=1S/C14H15N3O4/c1-9-3-2-4-11-15-10(7-17(9)11)12(18)16-14(13(19)20)5-6-21-8-14/h2-4,7H,5-6,8H2,1H3,(H,16,18)(H,19,20). The number of aromatic nitrogens is 2. The molecule has 1 atom stereocenters. The number of imidazole rings is 1. The number of ether oxygens (including phenoxy) is 1. The highest BCUT2D eigenvalue weighted by molar-refractivity contribution is 5.97. The summed E-state index contributed by atoms with van der Waals surface area (Å²) in [6, 6.07) is 5.54. The molecule has 21 heavy (non-hydrogen) atoms. The van der Waals surface area contributed by atoms with Gasteiger partial charge in [0.15, 0.2) is 5.54 Å². The van der Waals surface area contributed by atoms with Crippen LogP contribution in [0.15, 0.2) is 24.4 Å². The fourth-order valence-electron chi connectivity index (χ4n) is 2.42. The van der Waals surface area contributed by atoms with Crippen molar-refractivity contribution >= 4 is 17.5 Å². The number of nitrogens with one attached hydrogen (secondary N) is 1. The number of aryl methyl sites for hydroxylation is 1. The first-order valence-electron chi connectivity index (χ1n) is 6.60. The lowest BCUT2D eigenvalue weighted by molar-refractivity contribution is -0.144. The van der Waals surface area contributed by atoms with Gasteiger partial charge in [0.2, 0.25) is 0 Å². The number of carbonyl (C=O) groups is 2. The normalized spacial score (nSPS) is 21.6. The third-order valence-corrected chi connectivity index (χ3v) is 3.71. The Morgan fingerprint density at radius 1 is 1.48 bits per heavy atom. The minimum Gasteiger partial charge on any atom is -0.479 e. The third-order valence-electron chi connectivity index (χ3n) is 3.71. The largest absolute Gasteiger partial charge is 0.479 e. The van der Waals surface area contributed by atoms with Gasteiger partial charge in [-0.25, -0.2) is 9.78 Å². The Morgan fingerprint density at radius 3 is 2.90 bits per heavy atom. The molecule has 0 aliphatic carbocycles. The Labute approximate surface area is 120 Å². The number of carboxylic acid groups (broad SMARTS) is 1. The second kappa shape index (κ2) is 4.85. The lowest BCUT2D eigenvalue weighted by Crippen LogP contribution is -2.55. The molecule has 110 valence electrons. The van der Waals surface area contributed by atoms with Crippen LogP contribution in [-0.4, -0.2) is 45.1 Å². The van der Waals surface area contributed by atoms with Crippen molar-refractivity contribution in [3.8, 4) is 0 Å². The van der Waals surface area contributed by atoms with Gasteiger partial charge in [-0.2, -0.15) is 0 Å². The molecule has 1 amide bonds. The van der Waals surface area contributed by atoms with Crippen molar-refractivity contribution in [2.45, 2.75) is 18.9 Å². The van der Waals surface area contributed by atoms with Crippen LogP contribution in [0.3, 0.4) is 0 Å². The van der Waals surface area contributed by atoms with Gasteiger partial charge in [-0.05, 0) is 19.1 Å². The van der Waals surface area contributed by atoms with E-state index in [-0.39, 0.29) is 18.7 Å². The maximum atomic E-state index is 12.3. The van der Waals surface area contributed by atoms with Gasteiger partial charge >= 0.3 is 5.97 Å². The summed E-state index contributed by atoms with van der Waals surface area (Å²) in [7, 11) is 0. The Morgan fingerprint density at radius 2 is 2.29 bits per heavy atom. The first kappa shape index (κ1) is 13.6. The molecule has 0 radical (unpaired) electrons. The van der Waals surface area contributed by atoms with E-state index in [1.54, 1.807) is 16.7 Å². The van der Waals surface area contributed by atoms with E-state index in [1.165, 1.54) is 0 Å². The molecule has 0 aromatic carbocycles. The summed E-state index contributed by atoms with van der Waals surface area (Å²) < 4.78 is 6.90. The topological polar surface area (TPSA) is 92.9 Å². The number of hydrogen-bond acceptors (Lipinski definition) is 4. The van der Waals surface area contributed by atoms with E-state index >= 15 is 0 Å². The molecule has 2 aromatic rings. The smallest absolute Gasteiger partial charge is 0.331 e. The van der Waals surface area contributed by atoms with E-state index in [9.17, 15) is 14.7 Å². The average molecular weight is 289 g/mol. The second-order valence-corrected chi connectivity index (χ2v) is 5.17. The molecule has 1 aliphatic heterocycles. The highest BCUT2D eigenvalue weighted by Gasteiger charge is 2.44. The molecule has 3 heterocycles. The summed E-state index contributed by atoms with van der Waals surface area (Å²) >= 11 is 0. The minimum atomic E-state index is -1.36. The predicted molar refractivity (Wildman–Crippen MR) is 73.2 cm³/mol. The van der Waals surface area contributed by atoms with Crippen molar-refractivity contribution in [1.29, 1.82) is 0 Å². The van der Waals surface area contributed by atoms with Crippen LogP contribution >= 0.6 is 0 Å². The van der Waals surface area contributed by atoms with Crippen molar-refractivity contribution in [2.24, 2.45) is 0 Å². The number of rotatable bonds is 3. The Hall–Kier alpha value is -2.41. The van der Waals surface area contributed by atoms with Crippen molar-refractivity contribution in [2.75, 3.05) is 13.2 Å². The van der Waals surface area contributed by atoms with E-state index in [2.05, 4.69) is 10.3 Å². The fraction of sp³-hybridized carbons (Fsp3) is 0.357. The number of carboxylic acids is 1. The van der Waals surface area contributed by atoms with Gasteiger partial charge in [0.1, 0.15) is 11.3 Å². The molecule has 1 saturated heterocycles. The summed E-state index contributed by atoms with van der Waals surface area (Å²) in [6.45, 7) is 2.19. The zero-order valence-electron chi connectivity index (χ0n) is 11.5. The van der Waals surface area contributed by atoms with Crippen molar-refractivity contribution in [3.05, 3.63) is 35.8 Å². The van der Waals surface area contributed by atoms with Crippen molar-refractivity contribution in [3.63, 3.8) is 0 Å². The number of amides is 1. The van der Waals surface area contributed by atoms with Gasteiger partial charge in [-0.1, -0.05) is 6.07 Å². The molecule has 0 bridgehead atoms. The van der Waals surface area contributed by atoms with Gasteiger partial charge in [0, 0.05) is 24.9 Å². The molecule has 2 aromatic heterocycles. The van der Waals surface area contributed by atoms with Crippen molar-refractivity contribution in [1.82, 2.24) is 14.7 Å². The van der Waals surface area contributed by atoms with E-state index in [1.807, 2.05) is 19.1 Å². The SMILES string of the molecule is Cc1cccc2nc(C(=O)NC3(C(=O)O)CCOC3)cn12. The number of aliphatic carboxylic acids is 1. The molecule has 7 nitrogen and oxygen atoms in total. The fourth-order valence-corrected chi connectivity index (χ4v) is 2.42. The number of nitrogens with zero attached hydrogens (tertiary/aromatic N) is 2. The quantitative estimate of drug-likeness (QED) is 0.864. The predicted octanol–water partition coefficient (Wildman–Crippen LogP) is 0.616. The molecule has 1 unspecified atom stereocenters. The highest BCUT2D eigenvalue weighted by atomic mass is 16.5. The van der Waals surface area contributed by atoms with Crippen LogP contribution in [0.4, 0.5) is 0 Å². The van der Waals surface area contributed by atoms with Crippen LogP contribution in [0.5, 0.6) is 0 Å². The molecule has 1 fully saturated rings. The zero-order chi connectivity index (χ0) is 15.0. The van der Waals surface area contributed by atoms with E-state index in [4.69, 9.17) is 4.74 Å². The summed E-state index contributed by atoms with van der Waals surface area (Å²) in [5.41, 5.74) is 0.419. The van der Waals surface area contributed by atoms with Crippen LogP contribution in [-0.2, 0) is 9.53 Å². The Bertz CT molecular complexity index is 716. The van der Waals surface area contributed by atoms with Gasteiger partial charge in [0.25, 0.3) is 5.91 Å². The van der Waals surface area contributed by atoms with Gasteiger partial charge in [0.05, 0.1) is 6.61 Å².